The zero-order chi connectivity index (χ0) is 17.1. The molecule has 2 fully saturated rings. The second kappa shape index (κ2) is 7.51. The van der Waals surface area contributed by atoms with Gasteiger partial charge < -0.3 is 15.0 Å². The van der Waals surface area contributed by atoms with Crippen molar-refractivity contribution in [1.82, 2.24) is 10.2 Å². The van der Waals surface area contributed by atoms with Crippen LogP contribution in [-0.2, 0) is 4.79 Å². The first kappa shape index (κ1) is 17.2. The van der Waals surface area contributed by atoms with Gasteiger partial charge >= 0.3 is 0 Å². The summed E-state index contributed by atoms with van der Waals surface area (Å²) in [6, 6.07) is 5.35. The molecule has 1 amide bonds. The Morgan fingerprint density at radius 2 is 2.08 bits per heavy atom. The lowest BCUT2D eigenvalue weighted by atomic mass is 10.1. The fourth-order valence-electron chi connectivity index (χ4n) is 3.92. The lowest BCUT2D eigenvalue weighted by molar-refractivity contribution is -0.134. The largest absolute Gasteiger partial charge is 0.494 e. The Labute approximate surface area is 143 Å². The van der Waals surface area contributed by atoms with Gasteiger partial charge in [0.15, 0.2) is 11.6 Å². The maximum atomic E-state index is 13.5. The molecule has 1 aromatic carbocycles. The Bertz CT molecular complexity index is 587. The van der Waals surface area contributed by atoms with Gasteiger partial charge in [0.1, 0.15) is 0 Å². The van der Waals surface area contributed by atoms with Gasteiger partial charge in [-0.15, -0.1) is 0 Å². The molecule has 0 bridgehead atoms. The van der Waals surface area contributed by atoms with Crippen molar-refractivity contribution in [2.45, 2.75) is 51.1 Å². The van der Waals surface area contributed by atoms with Crippen molar-refractivity contribution in [1.29, 1.82) is 0 Å². The zero-order valence-corrected chi connectivity index (χ0v) is 14.6. The molecule has 3 rings (SSSR count). The molecule has 1 heterocycles. The van der Waals surface area contributed by atoms with Gasteiger partial charge in [-0.3, -0.25) is 4.79 Å². The van der Waals surface area contributed by atoms with Gasteiger partial charge in [-0.2, -0.15) is 0 Å². The SMILES string of the molecule is COc1cc([C@@H](C)N[C@H]2CCN(C(=O)C3CCCC3)C2)ccc1F. The molecule has 0 radical (unpaired) electrons. The third-order valence-corrected chi connectivity index (χ3v) is 5.37. The van der Waals surface area contributed by atoms with E-state index in [0.29, 0.717) is 11.9 Å². The Morgan fingerprint density at radius 3 is 2.79 bits per heavy atom. The van der Waals surface area contributed by atoms with Crippen LogP contribution >= 0.6 is 0 Å². The molecule has 1 aliphatic heterocycles. The van der Waals surface area contributed by atoms with Crippen molar-refractivity contribution in [2.75, 3.05) is 20.2 Å². The van der Waals surface area contributed by atoms with E-state index in [1.165, 1.54) is 26.0 Å². The molecule has 2 atom stereocenters. The van der Waals surface area contributed by atoms with Crippen molar-refractivity contribution in [3.05, 3.63) is 29.6 Å². The summed E-state index contributed by atoms with van der Waals surface area (Å²) in [5.74, 6) is 0.517. The molecule has 2 aliphatic rings. The van der Waals surface area contributed by atoms with E-state index in [4.69, 9.17) is 4.74 Å². The molecule has 132 valence electrons. The number of benzene rings is 1. The fraction of sp³-hybridized carbons (Fsp3) is 0.632. The molecule has 1 N–H and O–H groups in total. The molecular weight excluding hydrogens is 307 g/mol. The quantitative estimate of drug-likeness (QED) is 0.898. The predicted octanol–water partition coefficient (Wildman–Crippen LogP) is 3.28. The van der Waals surface area contributed by atoms with Gasteiger partial charge in [0.25, 0.3) is 0 Å². The van der Waals surface area contributed by atoms with Crippen LogP contribution in [0.3, 0.4) is 0 Å². The summed E-state index contributed by atoms with van der Waals surface area (Å²) >= 11 is 0. The van der Waals surface area contributed by atoms with Crippen molar-refractivity contribution in [3.63, 3.8) is 0 Å². The predicted molar refractivity (Wildman–Crippen MR) is 91.4 cm³/mol. The van der Waals surface area contributed by atoms with Crippen molar-refractivity contribution in [2.24, 2.45) is 5.92 Å². The minimum absolute atomic E-state index is 0.0889. The van der Waals surface area contributed by atoms with Crippen LogP contribution in [0.5, 0.6) is 5.75 Å². The highest BCUT2D eigenvalue weighted by Crippen LogP contribution is 2.28. The van der Waals surface area contributed by atoms with Crippen molar-refractivity contribution in [3.8, 4) is 5.75 Å². The van der Waals surface area contributed by atoms with Crippen LogP contribution in [0.1, 0.15) is 50.6 Å². The van der Waals surface area contributed by atoms with E-state index in [2.05, 4.69) is 12.2 Å². The molecule has 24 heavy (non-hydrogen) atoms. The van der Waals surface area contributed by atoms with E-state index in [9.17, 15) is 9.18 Å². The molecule has 0 aromatic heterocycles. The fourth-order valence-corrected chi connectivity index (χ4v) is 3.92. The first-order valence-electron chi connectivity index (χ1n) is 8.96. The topological polar surface area (TPSA) is 41.6 Å². The molecule has 0 unspecified atom stereocenters. The monoisotopic (exact) mass is 334 g/mol. The number of nitrogens with one attached hydrogen (secondary N) is 1. The van der Waals surface area contributed by atoms with Gasteiger partial charge in [-0.05, 0) is 43.9 Å². The van der Waals surface area contributed by atoms with E-state index in [1.54, 1.807) is 12.1 Å². The third-order valence-electron chi connectivity index (χ3n) is 5.37. The minimum Gasteiger partial charge on any atom is -0.494 e. The Balaban J connectivity index is 1.55. The van der Waals surface area contributed by atoms with E-state index in [1.807, 2.05) is 4.90 Å². The normalized spacial score (nSPS) is 22.8. The highest BCUT2D eigenvalue weighted by atomic mass is 19.1. The van der Waals surface area contributed by atoms with Gasteiger partial charge in [-0.1, -0.05) is 18.9 Å². The third kappa shape index (κ3) is 3.72. The molecular formula is C19H27FN2O2. The van der Waals surface area contributed by atoms with Crippen LogP contribution in [0.15, 0.2) is 18.2 Å². The zero-order valence-electron chi connectivity index (χ0n) is 14.6. The number of nitrogens with zero attached hydrogens (tertiary/aromatic N) is 1. The second-order valence-electron chi connectivity index (χ2n) is 7.03. The van der Waals surface area contributed by atoms with E-state index in [0.717, 1.165) is 37.9 Å². The van der Waals surface area contributed by atoms with Crippen molar-refractivity contribution < 1.29 is 13.9 Å². The van der Waals surface area contributed by atoms with Gasteiger partial charge in [0, 0.05) is 31.1 Å². The second-order valence-corrected chi connectivity index (χ2v) is 7.03. The summed E-state index contributed by atoms with van der Waals surface area (Å²) in [7, 11) is 1.48. The van der Waals surface area contributed by atoms with E-state index >= 15 is 0 Å². The number of hydrogen-bond acceptors (Lipinski definition) is 3. The maximum Gasteiger partial charge on any atom is 0.225 e. The van der Waals surface area contributed by atoms with Crippen LogP contribution in [-0.4, -0.2) is 37.0 Å². The van der Waals surface area contributed by atoms with Crippen LogP contribution in [0.25, 0.3) is 0 Å². The van der Waals surface area contributed by atoms with Crippen LogP contribution in [0.4, 0.5) is 4.39 Å². The number of carbonyl (C=O) groups excluding carboxylic acids is 1. The number of amides is 1. The number of likely N-dealkylation sites (tertiary alicyclic amines) is 1. The van der Waals surface area contributed by atoms with E-state index in [-0.39, 0.29) is 23.5 Å². The number of methoxy groups -OCH3 is 1. The van der Waals surface area contributed by atoms with Crippen LogP contribution < -0.4 is 10.1 Å². The first-order chi connectivity index (χ1) is 11.6. The Hall–Kier alpha value is -1.62. The summed E-state index contributed by atoms with van der Waals surface area (Å²) in [6.07, 6.45) is 5.46. The number of ether oxygens (including phenoxy) is 1. The number of hydrogen-bond donors (Lipinski definition) is 1. The van der Waals surface area contributed by atoms with Crippen molar-refractivity contribution >= 4 is 5.91 Å². The number of halogens is 1. The molecule has 1 saturated carbocycles. The average Bonchev–Trinajstić information content (AvgIpc) is 3.26. The van der Waals surface area contributed by atoms with Crippen LogP contribution in [0.2, 0.25) is 0 Å². The number of carbonyl (C=O) groups is 1. The molecule has 5 heteroatoms. The van der Waals surface area contributed by atoms with Gasteiger partial charge in [-0.25, -0.2) is 4.39 Å². The maximum absolute atomic E-state index is 13.5. The average molecular weight is 334 g/mol. The van der Waals surface area contributed by atoms with E-state index < -0.39 is 0 Å². The molecule has 1 saturated heterocycles. The standard InChI is InChI=1S/C19H27FN2O2/c1-13(15-7-8-17(20)18(11-15)24-2)21-16-9-10-22(12-16)19(23)14-5-3-4-6-14/h7-8,11,13-14,16,21H,3-6,9-10,12H2,1-2H3/t13-,16+/m1/s1. The molecule has 1 aliphatic carbocycles. The number of rotatable bonds is 5. The Morgan fingerprint density at radius 1 is 1.33 bits per heavy atom. The summed E-state index contributed by atoms with van der Waals surface area (Å²) in [5, 5.41) is 3.57. The van der Waals surface area contributed by atoms with Gasteiger partial charge in [0.2, 0.25) is 5.91 Å². The highest BCUT2D eigenvalue weighted by Gasteiger charge is 2.32. The molecule has 0 spiro atoms. The van der Waals surface area contributed by atoms with Crippen LogP contribution in [0, 0.1) is 11.7 Å². The lowest BCUT2D eigenvalue weighted by Crippen LogP contribution is -2.38. The summed E-state index contributed by atoms with van der Waals surface area (Å²) in [4.78, 5) is 14.5. The highest BCUT2D eigenvalue weighted by molar-refractivity contribution is 5.79. The summed E-state index contributed by atoms with van der Waals surface area (Å²) < 4.78 is 18.6. The summed E-state index contributed by atoms with van der Waals surface area (Å²) in [5.41, 5.74) is 0.994. The molecule has 4 nitrogen and oxygen atoms in total. The smallest absolute Gasteiger partial charge is 0.225 e. The lowest BCUT2D eigenvalue weighted by Gasteiger charge is -2.23. The molecule has 1 aromatic rings. The minimum atomic E-state index is -0.345. The summed E-state index contributed by atoms with van der Waals surface area (Å²) in [6.45, 7) is 3.68. The first-order valence-corrected chi connectivity index (χ1v) is 8.96. The Kier molecular flexibility index (Phi) is 5.39. The van der Waals surface area contributed by atoms with Gasteiger partial charge in [0.05, 0.1) is 7.11 Å².